The highest BCUT2D eigenvalue weighted by Crippen LogP contribution is 2.18. The van der Waals surface area contributed by atoms with Gasteiger partial charge in [0, 0.05) is 26.5 Å². The highest BCUT2D eigenvalue weighted by molar-refractivity contribution is 5.83. The number of hydrogen-bond acceptors (Lipinski definition) is 4. The topological polar surface area (TPSA) is 28.1 Å². The van der Waals surface area contributed by atoms with E-state index in [-0.39, 0.29) is 0 Å². The Hall–Kier alpha value is -2.49. The monoisotopic (exact) mass is 269 g/mol. The van der Waals surface area contributed by atoms with Crippen LogP contribution in [0.4, 0.5) is 5.69 Å². The molecule has 4 heteroatoms. The number of ether oxygens (including phenoxy) is 1. The second-order valence-electron chi connectivity index (χ2n) is 4.46. The van der Waals surface area contributed by atoms with Gasteiger partial charge in [0.2, 0.25) is 0 Å². The van der Waals surface area contributed by atoms with Crippen LogP contribution in [0.3, 0.4) is 0 Å². The second kappa shape index (κ2) is 6.61. The first-order valence-electron chi connectivity index (χ1n) is 6.39. The van der Waals surface area contributed by atoms with Crippen LogP contribution < -0.4 is 9.75 Å². The van der Waals surface area contributed by atoms with Gasteiger partial charge in [-0.1, -0.05) is 6.08 Å². The van der Waals surface area contributed by atoms with Gasteiger partial charge in [-0.15, -0.1) is 0 Å². The van der Waals surface area contributed by atoms with Crippen molar-refractivity contribution in [3.63, 3.8) is 0 Å². The molecule has 1 aromatic rings. The van der Waals surface area contributed by atoms with Crippen LogP contribution in [-0.4, -0.2) is 32.3 Å². The molecule has 0 radical (unpaired) electrons. The summed E-state index contributed by atoms with van der Waals surface area (Å²) < 4.78 is 5.14. The number of benzene rings is 1. The standard InChI is InChI=1S/C16H19N3O/c1-18-11-4-5-14(10-12-18)13-17-19(2)15-6-8-16(20-3)9-7-15/h4-13H,1-3H3. The molecule has 1 heterocycles. The van der Waals surface area contributed by atoms with Crippen LogP contribution in [0.1, 0.15) is 0 Å². The molecule has 0 aliphatic carbocycles. The molecule has 1 aliphatic rings. The Morgan fingerprint density at radius 3 is 2.65 bits per heavy atom. The van der Waals surface area contributed by atoms with E-state index in [1.807, 2.05) is 85.1 Å². The first kappa shape index (κ1) is 13.9. The van der Waals surface area contributed by atoms with E-state index in [2.05, 4.69) is 5.10 Å². The lowest BCUT2D eigenvalue weighted by atomic mass is 10.2. The Morgan fingerprint density at radius 1 is 1.20 bits per heavy atom. The summed E-state index contributed by atoms with van der Waals surface area (Å²) in [6, 6.07) is 7.79. The molecule has 4 nitrogen and oxygen atoms in total. The Balaban J connectivity index is 2.05. The number of methoxy groups -OCH3 is 1. The van der Waals surface area contributed by atoms with Crippen LogP contribution in [0.25, 0.3) is 0 Å². The number of hydrogen-bond donors (Lipinski definition) is 0. The smallest absolute Gasteiger partial charge is 0.119 e. The third-order valence-electron chi connectivity index (χ3n) is 2.94. The van der Waals surface area contributed by atoms with Crippen LogP contribution in [-0.2, 0) is 0 Å². The van der Waals surface area contributed by atoms with Gasteiger partial charge in [0.25, 0.3) is 0 Å². The fraction of sp³-hybridized carbons (Fsp3) is 0.188. The van der Waals surface area contributed by atoms with Crippen molar-refractivity contribution in [3.05, 3.63) is 60.5 Å². The predicted octanol–water partition coefficient (Wildman–Crippen LogP) is 3.02. The number of allylic oxidation sites excluding steroid dienone is 4. The minimum absolute atomic E-state index is 0.841. The van der Waals surface area contributed by atoms with E-state index >= 15 is 0 Å². The van der Waals surface area contributed by atoms with Crippen LogP contribution in [0.5, 0.6) is 5.75 Å². The minimum atomic E-state index is 0.841. The summed E-state index contributed by atoms with van der Waals surface area (Å²) in [6.07, 6.45) is 11.9. The number of hydrazone groups is 1. The van der Waals surface area contributed by atoms with Crippen molar-refractivity contribution in [1.29, 1.82) is 0 Å². The quantitative estimate of drug-likeness (QED) is 0.621. The lowest BCUT2D eigenvalue weighted by molar-refractivity contribution is 0.415. The maximum absolute atomic E-state index is 5.14. The average molecular weight is 269 g/mol. The van der Waals surface area contributed by atoms with Crippen LogP contribution in [0.15, 0.2) is 65.6 Å². The lowest BCUT2D eigenvalue weighted by Gasteiger charge is -2.13. The first-order valence-corrected chi connectivity index (χ1v) is 6.39. The molecule has 0 aromatic heterocycles. The first-order chi connectivity index (χ1) is 9.69. The SMILES string of the molecule is COc1ccc(N(C)N=CC2=CC=CN(C)C=C2)cc1. The molecule has 0 spiro atoms. The molecular weight excluding hydrogens is 250 g/mol. The Bertz CT molecular complexity index is 556. The van der Waals surface area contributed by atoms with Crippen molar-refractivity contribution < 1.29 is 4.74 Å². The molecular formula is C16H19N3O. The maximum atomic E-state index is 5.14. The summed E-state index contributed by atoms with van der Waals surface area (Å²) in [4.78, 5) is 1.99. The van der Waals surface area contributed by atoms with E-state index in [1.165, 1.54) is 0 Å². The normalized spacial score (nSPS) is 14.3. The van der Waals surface area contributed by atoms with Gasteiger partial charge in [-0.25, -0.2) is 0 Å². The zero-order chi connectivity index (χ0) is 14.4. The Kier molecular flexibility index (Phi) is 4.60. The van der Waals surface area contributed by atoms with E-state index in [4.69, 9.17) is 4.74 Å². The van der Waals surface area contributed by atoms with Crippen molar-refractivity contribution >= 4 is 11.9 Å². The fourth-order valence-corrected chi connectivity index (χ4v) is 1.70. The van der Waals surface area contributed by atoms with E-state index < -0.39 is 0 Å². The molecule has 1 aliphatic heterocycles. The van der Waals surface area contributed by atoms with E-state index in [1.54, 1.807) is 7.11 Å². The highest BCUT2D eigenvalue weighted by atomic mass is 16.5. The van der Waals surface area contributed by atoms with Gasteiger partial charge >= 0.3 is 0 Å². The van der Waals surface area contributed by atoms with Gasteiger partial charge in [0.1, 0.15) is 5.75 Å². The van der Waals surface area contributed by atoms with Crippen molar-refractivity contribution in [1.82, 2.24) is 4.90 Å². The molecule has 0 fully saturated rings. The fourth-order valence-electron chi connectivity index (χ4n) is 1.70. The van der Waals surface area contributed by atoms with Gasteiger partial charge in [0.15, 0.2) is 0 Å². The summed E-state index contributed by atoms with van der Waals surface area (Å²) >= 11 is 0. The molecule has 0 bridgehead atoms. The second-order valence-corrected chi connectivity index (χ2v) is 4.46. The summed E-state index contributed by atoms with van der Waals surface area (Å²) in [5, 5.41) is 6.26. The third-order valence-corrected chi connectivity index (χ3v) is 2.94. The average Bonchev–Trinajstić information content (AvgIpc) is 2.69. The Morgan fingerprint density at radius 2 is 1.95 bits per heavy atom. The van der Waals surface area contributed by atoms with E-state index in [9.17, 15) is 0 Å². The van der Waals surface area contributed by atoms with Crippen LogP contribution in [0.2, 0.25) is 0 Å². The summed E-state index contributed by atoms with van der Waals surface area (Å²) in [5.41, 5.74) is 2.05. The van der Waals surface area contributed by atoms with Gasteiger partial charge in [-0.3, -0.25) is 5.01 Å². The third kappa shape index (κ3) is 3.75. The van der Waals surface area contributed by atoms with Gasteiger partial charge in [-0.2, -0.15) is 5.10 Å². The molecule has 104 valence electrons. The maximum Gasteiger partial charge on any atom is 0.119 e. The summed E-state index contributed by atoms with van der Waals surface area (Å²) in [5.74, 6) is 0.841. The van der Waals surface area contributed by atoms with Crippen molar-refractivity contribution in [2.75, 3.05) is 26.2 Å². The van der Waals surface area contributed by atoms with Crippen LogP contribution >= 0.6 is 0 Å². The van der Waals surface area contributed by atoms with Gasteiger partial charge < -0.3 is 9.64 Å². The lowest BCUT2D eigenvalue weighted by Crippen LogP contribution is -2.08. The zero-order valence-corrected chi connectivity index (χ0v) is 12.0. The van der Waals surface area contributed by atoms with Crippen LogP contribution in [0, 0.1) is 0 Å². The van der Waals surface area contributed by atoms with Gasteiger partial charge in [-0.05, 0) is 42.0 Å². The largest absolute Gasteiger partial charge is 0.497 e. The molecule has 20 heavy (non-hydrogen) atoms. The van der Waals surface area contributed by atoms with Crippen molar-refractivity contribution in [2.45, 2.75) is 0 Å². The molecule has 0 N–H and O–H groups in total. The predicted molar refractivity (Wildman–Crippen MR) is 84.0 cm³/mol. The van der Waals surface area contributed by atoms with Crippen molar-refractivity contribution in [3.8, 4) is 5.75 Å². The minimum Gasteiger partial charge on any atom is -0.497 e. The van der Waals surface area contributed by atoms with Crippen molar-refractivity contribution in [2.24, 2.45) is 5.10 Å². The van der Waals surface area contributed by atoms with E-state index in [0.29, 0.717) is 0 Å². The Labute approximate surface area is 120 Å². The molecule has 0 saturated heterocycles. The molecule has 1 aromatic carbocycles. The van der Waals surface area contributed by atoms with E-state index in [0.717, 1.165) is 17.0 Å². The number of nitrogens with zero attached hydrogens (tertiary/aromatic N) is 3. The zero-order valence-electron chi connectivity index (χ0n) is 12.0. The highest BCUT2D eigenvalue weighted by Gasteiger charge is 1.99. The summed E-state index contributed by atoms with van der Waals surface area (Å²) in [7, 11) is 5.57. The summed E-state index contributed by atoms with van der Waals surface area (Å²) in [6.45, 7) is 0. The molecule has 0 amide bonds. The molecule has 0 atom stereocenters. The molecule has 2 rings (SSSR count). The molecule has 0 unspecified atom stereocenters. The molecule has 0 saturated carbocycles. The number of anilines is 1. The van der Waals surface area contributed by atoms with Gasteiger partial charge in [0.05, 0.1) is 19.0 Å². The number of rotatable bonds is 4.